The molecule has 1 aromatic carbocycles. The van der Waals surface area contributed by atoms with Crippen molar-refractivity contribution in [3.63, 3.8) is 0 Å². The maximum absolute atomic E-state index is 12.8. The molecule has 0 amide bonds. The van der Waals surface area contributed by atoms with E-state index >= 15 is 0 Å². The minimum atomic E-state index is -0.623. The summed E-state index contributed by atoms with van der Waals surface area (Å²) in [6.45, 7) is 0. The van der Waals surface area contributed by atoms with Crippen LogP contribution >= 0.6 is 22.6 Å². The molecule has 1 unspecified atom stereocenters. The highest BCUT2D eigenvalue weighted by molar-refractivity contribution is 14.1. The lowest BCUT2D eigenvalue weighted by Gasteiger charge is -2.30. The van der Waals surface area contributed by atoms with Gasteiger partial charge in [0.2, 0.25) is 0 Å². The molecule has 0 bridgehead atoms. The lowest BCUT2D eigenvalue weighted by atomic mass is 9.71. The van der Waals surface area contributed by atoms with E-state index in [1.54, 1.807) is 0 Å². The van der Waals surface area contributed by atoms with E-state index in [1.807, 2.05) is 24.3 Å². The molecule has 0 aromatic heterocycles. The highest BCUT2D eigenvalue weighted by Gasteiger charge is 2.54. The average Bonchev–Trinajstić information content (AvgIpc) is 2.66. The van der Waals surface area contributed by atoms with Crippen molar-refractivity contribution in [1.82, 2.24) is 0 Å². The van der Waals surface area contributed by atoms with E-state index in [2.05, 4.69) is 22.6 Å². The van der Waals surface area contributed by atoms with E-state index < -0.39 is 5.41 Å². The first-order chi connectivity index (χ1) is 9.15. The molecule has 2 fully saturated rings. The minimum Gasteiger partial charge on any atom is -0.299 e. The molecule has 2 nitrogen and oxygen atoms in total. The first kappa shape index (κ1) is 13.3. The van der Waals surface area contributed by atoms with Gasteiger partial charge in [-0.05, 0) is 47.1 Å². The van der Waals surface area contributed by atoms with Crippen LogP contribution < -0.4 is 0 Å². The zero-order valence-corrected chi connectivity index (χ0v) is 13.0. The molecule has 1 spiro atoms. The van der Waals surface area contributed by atoms with Crippen LogP contribution in [0.2, 0.25) is 0 Å². The van der Waals surface area contributed by atoms with Gasteiger partial charge in [-0.15, -0.1) is 0 Å². The number of carbonyl (C=O) groups excluding carboxylic acids is 2. The third-order valence-electron chi connectivity index (χ3n) is 4.70. The molecule has 1 atom stereocenters. The minimum absolute atomic E-state index is 0.196. The van der Waals surface area contributed by atoms with Gasteiger partial charge >= 0.3 is 0 Å². The molecule has 0 saturated heterocycles. The number of hydrogen-bond acceptors (Lipinski definition) is 2. The monoisotopic (exact) mass is 368 g/mol. The topological polar surface area (TPSA) is 34.1 Å². The van der Waals surface area contributed by atoms with Gasteiger partial charge in [0.1, 0.15) is 5.78 Å². The van der Waals surface area contributed by atoms with Crippen LogP contribution in [0.15, 0.2) is 24.3 Å². The van der Waals surface area contributed by atoms with E-state index in [1.165, 1.54) is 0 Å². The molecule has 2 saturated carbocycles. The van der Waals surface area contributed by atoms with Crippen molar-refractivity contribution in [2.45, 2.75) is 44.4 Å². The second-order valence-corrected chi connectivity index (χ2v) is 6.87. The van der Waals surface area contributed by atoms with Crippen molar-refractivity contribution < 1.29 is 9.59 Å². The summed E-state index contributed by atoms with van der Waals surface area (Å²) in [5.41, 5.74) is 0.422. The van der Waals surface area contributed by atoms with Crippen LogP contribution in [0.1, 0.15) is 50.0 Å². The van der Waals surface area contributed by atoms with Gasteiger partial charge in [0.05, 0.1) is 11.3 Å². The van der Waals surface area contributed by atoms with E-state index in [0.717, 1.165) is 41.2 Å². The van der Waals surface area contributed by atoms with Gasteiger partial charge in [-0.3, -0.25) is 9.59 Å². The lowest BCUT2D eigenvalue weighted by molar-refractivity contribution is -0.137. The van der Waals surface area contributed by atoms with E-state index in [-0.39, 0.29) is 17.5 Å². The summed E-state index contributed by atoms with van der Waals surface area (Å²) in [6, 6.07) is 7.95. The van der Waals surface area contributed by atoms with Gasteiger partial charge in [0, 0.05) is 9.99 Å². The molecular weight excluding hydrogens is 351 g/mol. The van der Waals surface area contributed by atoms with E-state index in [0.29, 0.717) is 6.42 Å². The molecule has 0 heterocycles. The Morgan fingerprint density at radius 3 is 2.42 bits per heavy atom. The Labute approximate surface area is 127 Å². The lowest BCUT2D eigenvalue weighted by Crippen LogP contribution is -2.35. The van der Waals surface area contributed by atoms with Gasteiger partial charge in [-0.2, -0.15) is 0 Å². The summed E-state index contributed by atoms with van der Waals surface area (Å²) in [5, 5.41) is 0. The van der Waals surface area contributed by atoms with Gasteiger partial charge in [0.25, 0.3) is 0 Å². The number of rotatable bonds is 1. The molecule has 19 heavy (non-hydrogen) atoms. The second kappa shape index (κ2) is 5.00. The predicted molar refractivity (Wildman–Crippen MR) is 82.0 cm³/mol. The molecule has 2 aliphatic carbocycles. The third-order valence-corrected chi connectivity index (χ3v) is 5.68. The van der Waals surface area contributed by atoms with Crippen LogP contribution in [-0.4, -0.2) is 11.6 Å². The zero-order valence-electron chi connectivity index (χ0n) is 10.8. The Balaban J connectivity index is 1.97. The van der Waals surface area contributed by atoms with Crippen LogP contribution in [-0.2, 0) is 9.59 Å². The van der Waals surface area contributed by atoms with Crippen molar-refractivity contribution in [2.24, 2.45) is 5.41 Å². The first-order valence-electron chi connectivity index (χ1n) is 6.97. The second-order valence-electron chi connectivity index (χ2n) is 5.71. The Morgan fingerprint density at radius 2 is 1.74 bits per heavy atom. The summed E-state index contributed by atoms with van der Waals surface area (Å²) in [5.74, 6) is 0.196. The predicted octanol–water partition coefficient (Wildman–Crippen LogP) is 3.87. The summed E-state index contributed by atoms with van der Waals surface area (Å²) in [4.78, 5) is 25.3. The largest absolute Gasteiger partial charge is 0.299 e. The third kappa shape index (κ3) is 2.06. The SMILES string of the molecule is O=C1CC(c2ccccc2I)C(=O)C12CCCCC2. The van der Waals surface area contributed by atoms with Crippen LogP contribution in [0.3, 0.4) is 0 Å². The Bertz CT molecular complexity index is 529. The van der Waals surface area contributed by atoms with Crippen molar-refractivity contribution >= 4 is 34.2 Å². The molecule has 0 radical (unpaired) electrons. The van der Waals surface area contributed by atoms with Gasteiger partial charge in [-0.25, -0.2) is 0 Å². The molecule has 3 rings (SSSR count). The quantitative estimate of drug-likeness (QED) is 0.557. The van der Waals surface area contributed by atoms with E-state index in [4.69, 9.17) is 0 Å². The van der Waals surface area contributed by atoms with Crippen LogP contribution in [0.4, 0.5) is 0 Å². The standard InChI is InChI=1S/C16H17IO2/c17-13-7-3-2-6-11(13)12-10-14(18)16(15(12)19)8-4-1-5-9-16/h2-3,6-7,12H,1,4-5,8-10H2. The fourth-order valence-corrected chi connectivity index (χ4v) is 4.40. The average molecular weight is 368 g/mol. The molecule has 3 heteroatoms. The summed E-state index contributed by atoms with van der Waals surface area (Å²) >= 11 is 2.26. The normalized spacial score (nSPS) is 26.1. The first-order valence-corrected chi connectivity index (χ1v) is 8.05. The summed E-state index contributed by atoms with van der Waals surface area (Å²) in [6.07, 6.45) is 5.19. The smallest absolute Gasteiger partial charge is 0.154 e. The molecule has 0 aliphatic heterocycles. The molecule has 2 aliphatic rings. The molecule has 1 aromatic rings. The van der Waals surface area contributed by atoms with Crippen molar-refractivity contribution in [3.8, 4) is 0 Å². The Hall–Kier alpha value is -0.710. The van der Waals surface area contributed by atoms with Gasteiger partial charge < -0.3 is 0 Å². The Morgan fingerprint density at radius 1 is 1.05 bits per heavy atom. The molecule has 0 N–H and O–H groups in total. The maximum atomic E-state index is 12.8. The summed E-state index contributed by atoms with van der Waals surface area (Å²) in [7, 11) is 0. The zero-order chi connectivity index (χ0) is 13.5. The van der Waals surface area contributed by atoms with Crippen molar-refractivity contribution in [2.75, 3.05) is 0 Å². The fourth-order valence-electron chi connectivity index (χ4n) is 3.63. The summed E-state index contributed by atoms with van der Waals surface area (Å²) < 4.78 is 1.10. The number of halogens is 1. The molecule has 100 valence electrons. The van der Waals surface area contributed by atoms with E-state index in [9.17, 15) is 9.59 Å². The van der Waals surface area contributed by atoms with Gasteiger partial charge in [-0.1, -0.05) is 37.5 Å². The maximum Gasteiger partial charge on any atom is 0.154 e. The Kier molecular flexibility index (Phi) is 3.50. The fraction of sp³-hybridized carbons (Fsp3) is 0.500. The van der Waals surface area contributed by atoms with Gasteiger partial charge in [0.15, 0.2) is 5.78 Å². The van der Waals surface area contributed by atoms with Crippen LogP contribution in [0, 0.1) is 8.99 Å². The number of Topliss-reactive ketones (excluding diaryl/α,β-unsaturated/α-hetero) is 2. The van der Waals surface area contributed by atoms with Crippen molar-refractivity contribution in [1.29, 1.82) is 0 Å². The highest BCUT2D eigenvalue weighted by atomic mass is 127. The number of hydrogen-bond donors (Lipinski definition) is 0. The molecular formula is C16H17IO2. The van der Waals surface area contributed by atoms with Crippen LogP contribution in [0.5, 0.6) is 0 Å². The van der Waals surface area contributed by atoms with Crippen LogP contribution in [0.25, 0.3) is 0 Å². The highest BCUT2D eigenvalue weighted by Crippen LogP contribution is 2.49. The number of benzene rings is 1. The number of ketones is 2. The number of carbonyl (C=O) groups is 2. The van der Waals surface area contributed by atoms with Crippen molar-refractivity contribution in [3.05, 3.63) is 33.4 Å².